The Morgan fingerprint density at radius 1 is 1.25 bits per heavy atom. The summed E-state index contributed by atoms with van der Waals surface area (Å²) in [5.74, 6) is 0.950. The highest BCUT2D eigenvalue weighted by Gasteiger charge is 2.25. The summed E-state index contributed by atoms with van der Waals surface area (Å²) in [7, 11) is 2.21. The first kappa shape index (κ1) is 15.8. The summed E-state index contributed by atoms with van der Waals surface area (Å²) in [4.78, 5) is 8.54. The number of thiazole rings is 1. The number of aromatic nitrogens is 1. The number of hydrogen-bond donors (Lipinski definition) is 1. The minimum atomic E-state index is 0.628. The van der Waals surface area contributed by atoms with Gasteiger partial charge in [-0.2, -0.15) is 0 Å². The van der Waals surface area contributed by atoms with Crippen LogP contribution in [0.4, 0.5) is 5.13 Å². The van der Waals surface area contributed by atoms with Gasteiger partial charge in [-0.15, -0.1) is 11.3 Å². The number of aryl methyl sites for hydroxylation is 1. The molecule has 0 spiro atoms. The first-order chi connectivity index (χ1) is 9.69. The lowest BCUT2D eigenvalue weighted by molar-refractivity contribution is 0.313. The van der Waals surface area contributed by atoms with E-state index in [1.807, 2.05) is 0 Å². The van der Waals surface area contributed by atoms with Crippen molar-refractivity contribution in [3.05, 3.63) is 10.6 Å². The van der Waals surface area contributed by atoms with Crippen LogP contribution < -0.4 is 10.6 Å². The monoisotopic (exact) mass is 295 g/mol. The van der Waals surface area contributed by atoms with Gasteiger partial charge in [0.1, 0.15) is 0 Å². The van der Waals surface area contributed by atoms with Gasteiger partial charge in [0.15, 0.2) is 5.13 Å². The van der Waals surface area contributed by atoms with Crippen LogP contribution in [0.15, 0.2) is 0 Å². The molecule has 0 amide bonds. The third-order valence-electron chi connectivity index (χ3n) is 4.68. The zero-order valence-corrected chi connectivity index (χ0v) is 14.0. The van der Waals surface area contributed by atoms with E-state index in [4.69, 9.17) is 10.7 Å². The molecular formula is C16H29N3S. The van der Waals surface area contributed by atoms with E-state index in [1.165, 1.54) is 47.8 Å². The van der Waals surface area contributed by atoms with E-state index in [2.05, 4.69) is 25.8 Å². The average molecular weight is 295 g/mol. The Kier molecular flexibility index (Phi) is 5.85. The molecule has 1 aromatic heterocycles. The summed E-state index contributed by atoms with van der Waals surface area (Å²) in [6.07, 6.45) is 8.92. The Balaban J connectivity index is 2.03. The summed E-state index contributed by atoms with van der Waals surface area (Å²) in [6.45, 7) is 5.15. The molecule has 0 radical (unpaired) electrons. The molecule has 0 unspecified atom stereocenters. The van der Waals surface area contributed by atoms with Crippen LogP contribution in [-0.2, 0) is 13.0 Å². The molecule has 0 aliphatic heterocycles. The van der Waals surface area contributed by atoms with E-state index < -0.39 is 0 Å². The van der Waals surface area contributed by atoms with Crippen molar-refractivity contribution < 1.29 is 0 Å². The first-order valence-corrected chi connectivity index (χ1v) is 8.92. The quantitative estimate of drug-likeness (QED) is 0.863. The molecule has 1 aliphatic rings. The van der Waals surface area contributed by atoms with Crippen LogP contribution in [0.3, 0.4) is 0 Å². The number of hydrogen-bond acceptors (Lipinski definition) is 4. The Labute approximate surface area is 127 Å². The first-order valence-electron chi connectivity index (χ1n) is 8.11. The van der Waals surface area contributed by atoms with Crippen molar-refractivity contribution in [1.82, 2.24) is 4.98 Å². The molecule has 0 aromatic carbocycles. The van der Waals surface area contributed by atoms with Crippen LogP contribution in [-0.4, -0.2) is 18.1 Å². The Morgan fingerprint density at radius 3 is 2.50 bits per heavy atom. The normalized spacial score (nSPS) is 23.0. The van der Waals surface area contributed by atoms with Crippen molar-refractivity contribution in [2.24, 2.45) is 11.7 Å². The van der Waals surface area contributed by atoms with Gasteiger partial charge < -0.3 is 10.6 Å². The summed E-state index contributed by atoms with van der Waals surface area (Å²) in [5, 5.41) is 1.17. The Hall–Kier alpha value is -0.610. The molecule has 1 heterocycles. The van der Waals surface area contributed by atoms with Crippen LogP contribution in [0.1, 0.15) is 62.9 Å². The Bertz CT molecular complexity index is 408. The van der Waals surface area contributed by atoms with E-state index >= 15 is 0 Å². The van der Waals surface area contributed by atoms with Gasteiger partial charge in [0.25, 0.3) is 0 Å². The zero-order valence-electron chi connectivity index (χ0n) is 13.2. The van der Waals surface area contributed by atoms with E-state index in [0.29, 0.717) is 12.6 Å². The lowest BCUT2D eigenvalue weighted by atomic mass is 9.84. The second kappa shape index (κ2) is 7.41. The summed E-state index contributed by atoms with van der Waals surface area (Å²) in [5.41, 5.74) is 7.09. The summed E-state index contributed by atoms with van der Waals surface area (Å²) >= 11 is 1.80. The van der Waals surface area contributed by atoms with Crippen LogP contribution in [0.25, 0.3) is 0 Å². The van der Waals surface area contributed by atoms with Crippen LogP contribution >= 0.6 is 11.3 Å². The van der Waals surface area contributed by atoms with Gasteiger partial charge in [-0.3, -0.25) is 0 Å². The molecular weight excluding hydrogens is 266 g/mol. The van der Waals surface area contributed by atoms with Gasteiger partial charge in [-0.1, -0.05) is 26.7 Å². The molecule has 4 heteroatoms. The molecule has 0 bridgehead atoms. The fourth-order valence-corrected chi connectivity index (χ4v) is 4.23. The average Bonchev–Trinajstić information content (AvgIpc) is 2.90. The van der Waals surface area contributed by atoms with Crippen LogP contribution in [0.5, 0.6) is 0 Å². The van der Waals surface area contributed by atoms with Crippen molar-refractivity contribution in [2.45, 2.75) is 71.4 Å². The number of nitrogens with two attached hydrogens (primary N) is 1. The van der Waals surface area contributed by atoms with Gasteiger partial charge in [0, 0.05) is 24.5 Å². The zero-order chi connectivity index (χ0) is 14.5. The SMILES string of the molecule is CCCc1nc(N(C)C2CCC(CC)CC2)sc1CN. The number of rotatable bonds is 6. The maximum atomic E-state index is 5.86. The molecule has 1 aliphatic carbocycles. The highest BCUT2D eigenvalue weighted by Crippen LogP contribution is 2.34. The molecule has 0 atom stereocenters. The molecule has 1 fully saturated rings. The largest absolute Gasteiger partial charge is 0.348 e. The minimum Gasteiger partial charge on any atom is -0.348 e. The molecule has 2 N–H and O–H groups in total. The Morgan fingerprint density at radius 2 is 1.95 bits per heavy atom. The highest BCUT2D eigenvalue weighted by atomic mass is 32.1. The molecule has 2 rings (SSSR count). The fraction of sp³-hybridized carbons (Fsp3) is 0.812. The van der Waals surface area contributed by atoms with E-state index in [1.54, 1.807) is 11.3 Å². The van der Waals surface area contributed by atoms with Crippen molar-refractivity contribution in [1.29, 1.82) is 0 Å². The van der Waals surface area contributed by atoms with Gasteiger partial charge in [-0.25, -0.2) is 4.98 Å². The second-order valence-corrected chi connectivity index (χ2v) is 7.08. The molecule has 20 heavy (non-hydrogen) atoms. The van der Waals surface area contributed by atoms with Crippen molar-refractivity contribution in [3.8, 4) is 0 Å². The van der Waals surface area contributed by atoms with Crippen molar-refractivity contribution >= 4 is 16.5 Å². The minimum absolute atomic E-state index is 0.628. The standard InChI is InChI=1S/C16H29N3S/c1-4-6-14-15(11-17)20-16(18-14)19(3)13-9-7-12(5-2)8-10-13/h12-13H,4-11,17H2,1-3H3. The summed E-state index contributed by atoms with van der Waals surface area (Å²) < 4.78 is 0. The lowest BCUT2D eigenvalue weighted by Crippen LogP contribution is -2.35. The van der Waals surface area contributed by atoms with Crippen LogP contribution in [0, 0.1) is 5.92 Å². The fourth-order valence-electron chi connectivity index (χ4n) is 3.21. The maximum Gasteiger partial charge on any atom is 0.185 e. The predicted octanol–water partition coefficient (Wildman–Crippen LogP) is 3.96. The van der Waals surface area contributed by atoms with Crippen molar-refractivity contribution in [3.63, 3.8) is 0 Å². The van der Waals surface area contributed by atoms with E-state index in [9.17, 15) is 0 Å². The van der Waals surface area contributed by atoms with Gasteiger partial charge >= 0.3 is 0 Å². The van der Waals surface area contributed by atoms with Crippen LogP contribution in [0.2, 0.25) is 0 Å². The molecule has 1 saturated carbocycles. The lowest BCUT2D eigenvalue weighted by Gasteiger charge is -2.34. The van der Waals surface area contributed by atoms with Crippen molar-refractivity contribution in [2.75, 3.05) is 11.9 Å². The number of anilines is 1. The highest BCUT2D eigenvalue weighted by molar-refractivity contribution is 7.15. The smallest absolute Gasteiger partial charge is 0.185 e. The molecule has 0 saturated heterocycles. The van der Waals surface area contributed by atoms with Gasteiger partial charge in [0.05, 0.1) is 5.69 Å². The topological polar surface area (TPSA) is 42.2 Å². The maximum absolute atomic E-state index is 5.86. The predicted molar refractivity (Wildman–Crippen MR) is 88.4 cm³/mol. The molecule has 3 nitrogen and oxygen atoms in total. The second-order valence-electron chi connectivity index (χ2n) is 6.01. The molecule has 114 valence electrons. The van der Waals surface area contributed by atoms with E-state index in [-0.39, 0.29) is 0 Å². The van der Waals surface area contributed by atoms with Gasteiger partial charge in [-0.05, 0) is 38.0 Å². The van der Waals surface area contributed by atoms with E-state index in [0.717, 1.165) is 18.8 Å². The third-order valence-corrected chi connectivity index (χ3v) is 5.89. The third kappa shape index (κ3) is 3.53. The summed E-state index contributed by atoms with van der Waals surface area (Å²) in [6, 6.07) is 0.670. The number of nitrogens with zero attached hydrogens (tertiary/aromatic N) is 2. The molecule has 1 aromatic rings. The van der Waals surface area contributed by atoms with Gasteiger partial charge in [0.2, 0.25) is 0 Å².